The lowest BCUT2D eigenvalue weighted by atomic mass is 10.2. The fourth-order valence-electron chi connectivity index (χ4n) is 1.58. The van der Waals surface area contributed by atoms with E-state index in [1.807, 2.05) is 0 Å². The number of hydrogen-bond donors (Lipinski definition) is 1. The van der Waals surface area contributed by atoms with Gasteiger partial charge >= 0.3 is 0 Å². The molecule has 4 nitrogen and oxygen atoms in total. The van der Waals surface area contributed by atoms with Crippen molar-refractivity contribution in [2.75, 3.05) is 0 Å². The highest BCUT2D eigenvalue weighted by Crippen LogP contribution is 2.34. The van der Waals surface area contributed by atoms with Crippen molar-refractivity contribution in [1.82, 2.24) is 0 Å². The number of rotatable bonds is 4. The predicted molar refractivity (Wildman–Crippen MR) is 69.5 cm³/mol. The van der Waals surface area contributed by atoms with E-state index in [1.165, 1.54) is 18.2 Å². The van der Waals surface area contributed by atoms with Gasteiger partial charge in [-0.15, -0.1) is 0 Å². The van der Waals surface area contributed by atoms with Gasteiger partial charge < -0.3 is 5.11 Å². The van der Waals surface area contributed by atoms with E-state index in [-0.39, 0.29) is 16.1 Å². The summed E-state index contributed by atoms with van der Waals surface area (Å²) in [5, 5.41) is 19.9. The maximum atomic E-state index is 13.5. The van der Waals surface area contributed by atoms with Crippen molar-refractivity contribution in [3.63, 3.8) is 0 Å². The minimum atomic E-state index is -0.598. The molecule has 0 bridgehead atoms. The smallest absolute Gasteiger partial charge is 0.269 e. The summed E-state index contributed by atoms with van der Waals surface area (Å²) in [5.74, 6) is -1.18. The topological polar surface area (TPSA) is 63.4 Å². The lowest BCUT2D eigenvalue weighted by Crippen LogP contribution is -1.93. The molecule has 104 valence electrons. The average molecular weight is 297 g/mol. The van der Waals surface area contributed by atoms with Gasteiger partial charge in [-0.1, -0.05) is 11.8 Å². The fraction of sp³-hybridized carbons (Fsp3) is 0.0769. The van der Waals surface area contributed by atoms with Crippen molar-refractivity contribution >= 4 is 17.4 Å². The molecule has 0 aromatic heterocycles. The predicted octanol–water partition coefficient (Wildman–Crippen LogP) is 3.52. The van der Waals surface area contributed by atoms with Crippen molar-refractivity contribution in [2.45, 2.75) is 16.4 Å². The van der Waals surface area contributed by atoms with Crippen LogP contribution in [0.25, 0.3) is 0 Å². The highest BCUT2D eigenvalue weighted by atomic mass is 32.2. The van der Waals surface area contributed by atoms with Gasteiger partial charge in [0.2, 0.25) is 0 Å². The van der Waals surface area contributed by atoms with Crippen molar-refractivity contribution in [3.05, 3.63) is 63.7 Å². The molecule has 0 aliphatic rings. The van der Waals surface area contributed by atoms with Crippen LogP contribution in [0.1, 0.15) is 5.56 Å². The van der Waals surface area contributed by atoms with Crippen LogP contribution >= 0.6 is 11.8 Å². The summed E-state index contributed by atoms with van der Waals surface area (Å²) in [6.07, 6.45) is 0. The van der Waals surface area contributed by atoms with Crippen LogP contribution in [0, 0.1) is 21.7 Å². The Morgan fingerprint density at radius 1 is 1.15 bits per heavy atom. The molecule has 0 amide bonds. The molecule has 2 rings (SSSR count). The Morgan fingerprint density at radius 2 is 1.90 bits per heavy atom. The van der Waals surface area contributed by atoms with Crippen LogP contribution in [0.4, 0.5) is 14.5 Å². The van der Waals surface area contributed by atoms with E-state index in [4.69, 9.17) is 0 Å². The molecule has 1 N–H and O–H groups in total. The van der Waals surface area contributed by atoms with Crippen LogP contribution in [-0.2, 0) is 6.61 Å². The number of nitro groups is 1. The Balaban J connectivity index is 2.38. The third-order valence-corrected chi connectivity index (χ3v) is 3.69. The van der Waals surface area contributed by atoms with E-state index in [0.717, 1.165) is 30.0 Å². The summed E-state index contributed by atoms with van der Waals surface area (Å²) in [7, 11) is 0. The lowest BCUT2D eigenvalue weighted by molar-refractivity contribution is -0.385. The van der Waals surface area contributed by atoms with Crippen molar-refractivity contribution in [2.24, 2.45) is 0 Å². The maximum Gasteiger partial charge on any atom is 0.269 e. The van der Waals surface area contributed by atoms with Gasteiger partial charge in [-0.25, -0.2) is 8.78 Å². The molecule has 0 atom stereocenters. The van der Waals surface area contributed by atoms with Gasteiger partial charge in [0.25, 0.3) is 5.69 Å². The molecule has 0 unspecified atom stereocenters. The van der Waals surface area contributed by atoms with E-state index >= 15 is 0 Å². The first-order valence-corrected chi connectivity index (χ1v) is 6.34. The molecule has 2 aromatic carbocycles. The van der Waals surface area contributed by atoms with E-state index in [9.17, 15) is 24.0 Å². The number of hydrogen-bond acceptors (Lipinski definition) is 4. The minimum absolute atomic E-state index is 0.0496. The summed E-state index contributed by atoms with van der Waals surface area (Å²) in [6, 6.07) is 6.89. The molecule has 0 aliphatic carbocycles. The van der Waals surface area contributed by atoms with Crippen molar-refractivity contribution in [1.29, 1.82) is 0 Å². The van der Waals surface area contributed by atoms with E-state index in [0.29, 0.717) is 4.90 Å². The quantitative estimate of drug-likeness (QED) is 0.693. The highest BCUT2D eigenvalue weighted by Gasteiger charge is 2.13. The highest BCUT2D eigenvalue weighted by molar-refractivity contribution is 7.99. The van der Waals surface area contributed by atoms with Gasteiger partial charge in [0.1, 0.15) is 11.6 Å². The average Bonchev–Trinajstić information content (AvgIpc) is 2.43. The molecule has 0 aliphatic heterocycles. The molecule has 0 fully saturated rings. The summed E-state index contributed by atoms with van der Waals surface area (Å²) in [6.45, 7) is -0.430. The molecule has 0 heterocycles. The van der Waals surface area contributed by atoms with E-state index in [1.54, 1.807) is 0 Å². The third kappa shape index (κ3) is 3.12. The fourth-order valence-corrected chi connectivity index (χ4v) is 2.54. The first-order chi connectivity index (χ1) is 9.51. The maximum absolute atomic E-state index is 13.5. The summed E-state index contributed by atoms with van der Waals surface area (Å²) in [4.78, 5) is 10.5. The minimum Gasteiger partial charge on any atom is -0.392 e. The molecule has 0 saturated heterocycles. The molecule has 7 heteroatoms. The first-order valence-electron chi connectivity index (χ1n) is 5.52. The number of nitrogens with zero attached hydrogens (tertiary/aromatic N) is 1. The Kier molecular flexibility index (Phi) is 4.31. The van der Waals surface area contributed by atoms with Crippen LogP contribution < -0.4 is 0 Å². The molecule has 0 saturated carbocycles. The van der Waals surface area contributed by atoms with Gasteiger partial charge in [0.15, 0.2) is 0 Å². The lowest BCUT2D eigenvalue weighted by Gasteiger charge is -2.08. The Labute approximate surface area is 117 Å². The SMILES string of the molecule is O=[N+]([O-])c1ccc(Sc2cc(F)ccc2F)c(CO)c1. The molecule has 2 aromatic rings. The van der Waals surface area contributed by atoms with Gasteiger partial charge in [-0.05, 0) is 29.8 Å². The van der Waals surface area contributed by atoms with E-state index < -0.39 is 23.2 Å². The van der Waals surface area contributed by atoms with Crippen LogP contribution in [-0.4, -0.2) is 10.0 Å². The first kappa shape index (κ1) is 14.4. The van der Waals surface area contributed by atoms with Gasteiger partial charge in [0.05, 0.1) is 16.4 Å². The van der Waals surface area contributed by atoms with Crippen LogP contribution in [0.15, 0.2) is 46.2 Å². The van der Waals surface area contributed by atoms with Crippen molar-refractivity contribution < 1.29 is 18.8 Å². The number of aliphatic hydroxyl groups is 1. The second-order valence-electron chi connectivity index (χ2n) is 3.88. The van der Waals surface area contributed by atoms with Gasteiger partial charge in [-0.2, -0.15) is 0 Å². The summed E-state index contributed by atoms with van der Waals surface area (Å²) in [5.41, 5.74) is 0.117. The number of halogens is 2. The second kappa shape index (κ2) is 5.98. The number of aliphatic hydroxyl groups excluding tert-OH is 1. The van der Waals surface area contributed by atoms with Gasteiger partial charge in [-0.3, -0.25) is 10.1 Å². The van der Waals surface area contributed by atoms with Crippen LogP contribution in [0.5, 0.6) is 0 Å². The zero-order valence-corrected chi connectivity index (χ0v) is 10.9. The Bertz CT molecular complexity index is 664. The standard InChI is InChI=1S/C13H9F2NO3S/c14-9-1-3-11(15)13(6-9)20-12-4-2-10(16(18)19)5-8(12)7-17/h1-6,17H,7H2. The zero-order valence-electron chi connectivity index (χ0n) is 10.0. The number of nitro benzene ring substituents is 1. The summed E-state index contributed by atoms with van der Waals surface area (Å²) < 4.78 is 26.6. The monoisotopic (exact) mass is 297 g/mol. The van der Waals surface area contributed by atoms with Crippen LogP contribution in [0.3, 0.4) is 0 Å². The second-order valence-corrected chi connectivity index (χ2v) is 4.97. The van der Waals surface area contributed by atoms with Crippen LogP contribution in [0.2, 0.25) is 0 Å². The van der Waals surface area contributed by atoms with Crippen molar-refractivity contribution in [3.8, 4) is 0 Å². The molecule has 20 heavy (non-hydrogen) atoms. The normalized spacial score (nSPS) is 10.6. The number of non-ortho nitro benzene ring substituents is 1. The third-order valence-electron chi connectivity index (χ3n) is 2.54. The molecular formula is C13H9F2NO3S. The molecule has 0 spiro atoms. The summed E-state index contributed by atoms with van der Waals surface area (Å²) >= 11 is 0.902. The van der Waals surface area contributed by atoms with Gasteiger partial charge in [0, 0.05) is 17.0 Å². The molecular weight excluding hydrogens is 288 g/mol. The van der Waals surface area contributed by atoms with E-state index in [2.05, 4.69) is 0 Å². The Morgan fingerprint density at radius 3 is 2.55 bits per heavy atom. The largest absolute Gasteiger partial charge is 0.392 e. The zero-order chi connectivity index (χ0) is 14.7. The Hall–Kier alpha value is -1.99. The number of benzene rings is 2. The molecule has 0 radical (unpaired) electrons.